The lowest BCUT2D eigenvalue weighted by atomic mass is 10.2. The summed E-state index contributed by atoms with van der Waals surface area (Å²) >= 11 is 17.3. The molecule has 0 amide bonds. The van der Waals surface area contributed by atoms with Crippen LogP contribution in [-0.2, 0) is 6.18 Å². The van der Waals surface area contributed by atoms with Gasteiger partial charge in [0.1, 0.15) is 22.6 Å². The third kappa shape index (κ3) is 7.84. The number of pyridine rings is 1. The zero-order valence-electron chi connectivity index (χ0n) is 15.2. The normalized spacial score (nSPS) is 11.1. The van der Waals surface area contributed by atoms with Gasteiger partial charge in [0.25, 0.3) is 0 Å². The Hall–Kier alpha value is -1.83. The predicted molar refractivity (Wildman–Crippen MR) is 106 cm³/mol. The summed E-state index contributed by atoms with van der Waals surface area (Å²) in [6.45, 7) is 2.54. The summed E-state index contributed by atoms with van der Waals surface area (Å²) in [6, 6.07) is 5.47. The summed E-state index contributed by atoms with van der Waals surface area (Å²) in [5, 5.41) is 0.381. The fourth-order valence-corrected chi connectivity index (χ4v) is 2.65. The molecule has 0 atom stereocenters. The van der Waals surface area contributed by atoms with Crippen LogP contribution in [0.25, 0.3) is 0 Å². The van der Waals surface area contributed by atoms with Crippen molar-refractivity contribution in [2.45, 2.75) is 19.5 Å². The number of alkyl halides is 3. The zero-order chi connectivity index (χ0) is 21.4. The number of halogens is 6. The van der Waals surface area contributed by atoms with E-state index in [-0.39, 0.29) is 23.6 Å². The molecule has 0 N–H and O–H groups in total. The summed E-state index contributed by atoms with van der Waals surface area (Å²) < 4.78 is 54.0. The smallest absolute Gasteiger partial charge is 0.417 e. The van der Waals surface area contributed by atoms with E-state index in [1.54, 1.807) is 12.1 Å². The Bertz CT molecular complexity index is 816. The number of hydrogen-bond acceptors (Lipinski definition) is 4. The minimum atomic E-state index is -4.43. The highest BCUT2D eigenvalue weighted by Crippen LogP contribution is 2.33. The van der Waals surface area contributed by atoms with E-state index in [4.69, 9.17) is 49.0 Å². The summed E-state index contributed by atoms with van der Waals surface area (Å²) in [5.41, 5.74) is -0.0497. The van der Waals surface area contributed by atoms with Crippen LogP contribution in [0.15, 0.2) is 41.0 Å². The summed E-state index contributed by atoms with van der Waals surface area (Å²) in [4.78, 5) is 3.64. The molecule has 0 aliphatic carbocycles. The minimum absolute atomic E-state index is 0.111. The molecule has 29 heavy (non-hydrogen) atoms. The first-order valence-electron chi connectivity index (χ1n) is 8.40. The third-order valence-corrected chi connectivity index (χ3v) is 4.13. The van der Waals surface area contributed by atoms with E-state index in [0.717, 1.165) is 17.8 Å². The lowest BCUT2D eigenvalue weighted by Gasteiger charge is -2.13. The Kier molecular flexibility index (Phi) is 8.74. The van der Waals surface area contributed by atoms with Crippen LogP contribution in [0.4, 0.5) is 13.2 Å². The van der Waals surface area contributed by atoms with Gasteiger partial charge < -0.3 is 14.2 Å². The monoisotopic (exact) mass is 469 g/mol. The molecule has 2 aromatic rings. The zero-order valence-corrected chi connectivity index (χ0v) is 17.5. The molecule has 0 fully saturated rings. The van der Waals surface area contributed by atoms with Gasteiger partial charge in [-0.1, -0.05) is 34.8 Å². The molecule has 0 saturated carbocycles. The maximum atomic E-state index is 12.5. The minimum Gasteiger partial charge on any atom is -0.492 e. The molecule has 4 nitrogen and oxygen atoms in total. The van der Waals surface area contributed by atoms with E-state index in [1.807, 2.05) is 6.92 Å². The number of benzene rings is 1. The Morgan fingerprint density at radius 3 is 2.41 bits per heavy atom. The maximum Gasteiger partial charge on any atom is 0.417 e. The van der Waals surface area contributed by atoms with Crippen molar-refractivity contribution >= 4 is 34.8 Å². The van der Waals surface area contributed by atoms with Crippen LogP contribution in [0.1, 0.15) is 17.5 Å². The molecule has 10 heteroatoms. The summed E-state index contributed by atoms with van der Waals surface area (Å²) in [5.74, 6) is 1.17. The van der Waals surface area contributed by atoms with Gasteiger partial charge in [0.15, 0.2) is 0 Å². The molecule has 1 heterocycles. The Morgan fingerprint density at radius 2 is 1.83 bits per heavy atom. The van der Waals surface area contributed by atoms with Crippen LogP contribution < -0.4 is 14.2 Å². The van der Waals surface area contributed by atoms with Crippen molar-refractivity contribution in [2.24, 2.45) is 0 Å². The Morgan fingerprint density at radius 1 is 1.10 bits per heavy atom. The van der Waals surface area contributed by atoms with Crippen molar-refractivity contribution in [1.82, 2.24) is 4.98 Å². The van der Waals surface area contributed by atoms with E-state index in [0.29, 0.717) is 29.5 Å². The molecule has 0 spiro atoms. The molecule has 0 saturated heterocycles. The first kappa shape index (κ1) is 23.4. The van der Waals surface area contributed by atoms with Gasteiger partial charge in [0.05, 0.1) is 23.8 Å². The van der Waals surface area contributed by atoms with Gasteiger partial charge in [-0.05, 0) is 30.7 Å². The van der Waals surface area contributed by atoms with Gasteiger partial charge in [0, 0.05) is 24.8 Å². The summed E-state index contributed by atoms with van der Waals surface area (Å²) in [6.07, 6.45) is -1.71. The molecule has 1 aromatic carbocycles. The van der Waals surface area contributed by atoms with Gasteiger partial charge >= 0.3 is 6.18 Å². The number of nitrogens with zero attached hydrogens (tertiary/aromatic N) is 1. The van der Waals surface area contributed by atoms with Gasteiger partial charge in [-0.3, -0.25) is 0 Å². The lowest BCUT2D eigenvalue weighted by Crippen LogP contribution is -2.08. The predicted octanol–water partition coefficient (Wildman–Crippen LogP) is 6.61. The number of rotatable bonds is 9. The fourth-order valence-electron chi connectivity index (χ4n) is 2.21. The highest BCUT2D eigenvalue weighted by molar-refractivity contribution is 6.55. The molecule has 0 bridgehead atoms. The van der Waals surface area contributed by atoms with Gasteiger partial charge in [-0.15, -0.1) is 0 Å². The number of ether oxygens (including phenoxy) is 3. The van der Waals surface area contributed by atoms with Crippen molar-refractivity contribution < 1.29 is 27.4 Å². The van der Waals surface area contributed by atoms with Crippen LogP contribution in [0.3, 0.4) is 0 Å². The van der Waals surface area contributed by atoms with Crippen LogP contribution >= 0.6 is 34.8 Å². The van der Waals surface area contributed by atoms with E-state index in [1.165, 1.54) is 12.1 Å². The van der Waals surface area contributed by atoms with Gasteiger partial charge in [-0.25, -0.2) is 4.98 Å². The van der Waals surface area contributed by atoms with Crippen LogP contribution in [0, 0.1) is 6.92 Å². The molecular weight excluding hydrogens is 454 g/mol. The van der Waals surface area contributed by atoms with E-state index in [9.17, 15) is 13.2 Å². The lowest BCUT2D eigenvalue weighted by molar-refractivity contribution is -0.137. The van der Waals surface area contributed by atoms with Crippen LogP contribution in [0.5, 0.6) is 17.4 Å². The third-order valence-electron chi connectivity index (χ3n) is 3.54. The van der Waals surface area contributed by atoms with Crippen LogP contribution in [0.2, 0.25) is 5.02 Å². The molecule has 2 rings (SSSR count). The summed E-state index contributed by atoms with van der Waals surface area (Å²) in [7, 11) is 0. The molecule has 0 aliphatic heterocycles. The SMILES string of the molecule is Cc1cc(OCC=C(Cl)Cl)cc(Cl)c1OCCCOc1ccc(C(F)(F)F)cn1. The number of aryl methyl sites for hydroxylation is 1. The van der Waals surface area contributed by atoms with Crippen molar-refractivity contribution in [3.63, 3.8) is 0 Å². The highest BCUT2D eigenvalue weighted by atomic mass is 35.5. The first-order chi connectivity index (χ1) is 13.7. The Labute approximate surface area is 181 Å². The fraction of sp³-hybridized carbons (Fsp3) is 0.316. The molecule has 1 aromatic heterocycles. The maximum absolute atomic E-state index is 12.5. The number of hydrogen-bond donors (Lipinski definition) is 0. The number of aromatic nitrogens is 1. The molecule has 0 unspecified atom stereocenters. The van der Waals surface area contributed by atoms with Gasteiger partial charge in [-0.2, -0.15) is 13.2 Å². The van der Waals surface area contributed by atoms with Gasteiger partial charge in [0.2, 0.25) is 5.88 Å². The largest absolute Gasteiger partial charge is 0.492 e. The quantitative estimate of drug-likeness (QED) is 0.387. The molecule has 158 valence electrons. The average molecular weight is 471 g/mol. The van der Waals surface area contributed by atoms with E-state index in [2.05, 4.69) is 4.98 Å². The van der Waals surface area contributed by atoms with Crippen LogP contribution in [-0.4, -0.2) is 24.8 Å². The second-order valence-electron chi connectivity index (χ2n) is 5.79. The standard InChI is InChI=1S/C19H17Cl3F3NO3/c1-12-9-14(27-8-5-16(21)22)10-15(20)18(12)29-7-2-6-28-17-4-3-13(11-26-17)19(23,24)25/h3-5,9-11H,2,6-8H2,1H3. The highest BCUT2D eigenvalue weighted by Gasteiger charge is 2.30. The average Bonchev–Trinajstić information content (AvgIpc) is 2.62. The first-order valence-corrected chi connectivity index (χ1v) is 9.53. The molecule has 0 radical (unpaired) electrons. The topological polar surface area (TPSA) is 40.6 Å². The molecular formula is C19H17Cl3F3NO3. The Balaban J connectivity index is 1.79. The van der Waals surface area contributed by atoms with Crippen molar-refractivity contribution in [3.8, 4) is 17.4 Å². The second kappa shape index (κ2) is 10.8. The second-order valence-corrected chi connectivity index (χ2v) is 7.20. The van der Waals surface area contributed by atoms with E-state index >= 15 is 0 Å². The van der Waals surface area contributed by atoms with Crippen molar-refractivity contribution in [2.75, 3.05) is 19.8 Å². The van der Waals surface area contributed by atoms with E-state index < -0.39 is 11.7 Å². The van der Waals surface area contributed by atoms with Crippen molar-refractivity contribution in [1.29, 1.82) is 0 Å². The van der Waals surface area contributed by atoms with Crippen molar-refractivity contribution in [3.05, 3.63) is 57.2 Å². The molecule has 0 aliphatic rings.